The summed E-state index contributed by atoms with van der Waals surface area (Å²) < 4.78 is 0. The van der Waals surface area contributed by atoms with Crippen LogP contribution in [0.1, 0.15) is 17.5 Å². The van der Waals surface area contributed by atoms with Crippen molar-refractivity contribution < 1.29 is 9.90 Å². The maximum atomic E-state index is 13.3. The number of aliphatic hydroxyl groups is 1. The summed E-state index contributed by atoms with van der Waals surface area (Å²) in [7, 11) is 2.06. The molecular formula is C20H24N2O2. The number of amides is 1. The molecule has 1 fully saturated rings. The fourth-order valence-corrected chi connectivity index (χ4v) is 3.25. The number of carbonyl (C=O) groups is 1. The zero-order chi connectivity index (χ0) is 17.0. The molecule has 3 rings (SSSR count). The molecule has 0 saturated carbocycles. The average molecular weight is 324 g/mol. The van der Waals surface area contributed by atoms with Crippen LogP contribution in [0.3, 0.4) is 0 Å². The number of carbonyl (C=O) groups excluding carboxylic acids is 1. The first kappa shape index (κ1) is 16.7. The van der Waals surface area contributed by atoms with E-state index in [0.717, 1.165) is 19.5 Å². The molecule has 1 saturated heterocycles. The van der Waals surface area contributed by atoms with Gasteiger partial charge in [0, 0.05) is 19.6 Å². The Bertz CT molecular complexity index is 633. The Hall–Kier alpha value is -2.17. The van der Waals surface area contributed by atoms with Gasteiger partial charge in [-0.15, -0.1) is 0 Å². The molecule has 0 atom stereocenters. The van der Waals surface area contributed by atoms with Gasteiger partial charge in [-0.25, -0.2) is 0 Å². The molecule has 0 aromatic heterocycles. The highest BCUT2D eigenvalue weighted by atomic mass is 16.3. The molecule has 4 heteroatoms. The van der Waals surface area contributed by atoms with Crippen LogP contribution < -0.4 is 0 Å². The Balaban J connectivity index is 2.00. The second-order valence-electron chi connectivity index (χ2n) is 6.39. The summed E-state index contributed by atoms with van der Waals surface area (Å²) in [6.45, 7) is 3.10. The van der Waals surface area contributed by atoms with E-state index in [-0.39, 0.29) is 5.91 Å². The molecule has 1 amide bonds. The summed E-state index contributed by atoms with van der Waals surface area (Å²) in [6.07, 6.45) is 0.919. The third-order valence-electron chi connectivity index (χ3n) is 4.70. The standard InChI is InChI=1S/C20H24N2O2/c1-21-13-8-14-22(16-15-21)19(23)20(24,17-9-4-2-5-10-17)18-11-6-3-7-12-18/h2-7,9-12,24H,8,13-16H2,1H3. The predicted octanol–water partition coefficient (Wildman–Crippen LogP) is 2.09. The van der Waals surface area contributed by atoms with E-state index in [1.165, 1.54) is 0 Å². The van der Waals surface area contributed by atoms with Crippen molar-refractivity contribution in [3.63, 3.8) is 0 Å². The SMILES string of the molecule is CN1CCCN(C(=O)C(O)(c2ccccc2)c2ccccc2)CC1. The number of benzene rings is 2. The van der Waals surface area contributed by atoms with Crippen LogP contribution in [0.15, 0.2) is 60.7 Å². The summed E-state index contributed by atoms with van der Waals surface area (Å²) >= 11 is 0. The summed E-state index contributed by atoms with van der Waals surface area (Å²) in [5.41, 5.74) is -0.427. The van der Waals surface area contributed by atoms with Gasteiger partial charge < -0.3 is 14.9 Å². The Labute approximate surface area is 143 Å². The quantitative estimate of drug-likeness (QED) is 0.940. The van der Waals surface area contributed by atoms with Crippen molar-refractivity contribution in [3.8, 4) is 0 Å². The molecule has 2 aromatic carbocycles. The summed E-state index contributed by atoms with van der Waals surface area (Å²) in [4.78, 5) is 17.4. The van der Waals surface area contributed by atoms with Crippen LogP contribution in [0.4, 0.5) is 0 Å². The average Bonchev–Trinajstić information content (AvgIpc) is 2.86. The number of likely N-dealkylation sites (N-methyl/N-ethyl adjacent to an activating group) is 1. The summed E-state index contributed by atoms with van der Waals surface area (Å²) in [5.74, 6) is -0.241. The largest absolute Gasteiger partial charge is 0.372 e. The fraction of sp³-hybridized carbons (Fsp3) is 0.350. The van der Waals surface area contributed by atoms with Crippen LogP contribution in [0.2, 0.25) is 0 Å². The Morgan fingerprint density at radius 1 is 0.875 bits per heavy atom. The molecule has 0 unspecified atom stereocenters. The third-order valence-corrected chi connectivity index (χ3v) is 4.70. The maximum Gasteiger partial charge on any atom is 0.264 e. The smallest absolute Gasteiger partial charge is 0.264 e. The van der Waals surface area contributed by atoms with E-state index in [9.17, 15) is 9.90 Å². The lowest BCUT2D eigenvalue weighted by Gasteiger charge is -2.33. The van der Waals surface area contributed by atoms with Gasteiger partial charge in [-0.3, -0.25) is 4.79 Å². The van der Waals surface area contributed by atoms with E-state index < -0.39 is 5.60 Å². The fourth-order valence-electron chi connectivity index (χ4n) is 3.25. The predicted molar refractivity (Wildman–Crippen MR) is 94.6 cm³/mol. The topological polar surface area (TPSA) is 43.8 Å². The van der Waals surface area contributed by atoms with E-state index in [1.807, 2.05) is 60.7 Å². The zero-order valence-electron chi connectivity index (χ0n) is 14.1. The molecule has 1 aliphatic heterocycles. The highest BCUT2D eigenvalue weighted by Crippen LogP contribution is 2.32. The highest BCUT2D eigenvalue weighted by molar-refractivity contribution is 5.90. The molecule has 24 heavy (non-hydrogen) atoms. The molecule has 1 heterocycles. The van der Waals surface area contributed by atoms with Gasteiger partial charge in [0.15, 0.2) is 5.60 Å². The number of hydrogen-bond donors (Lipinski definition) is 1. The molecule has 0 spiro atoms. The van der Waals surface area contributed by atoms with Crippen molar-refractivity contribution in [2.45, 2.75) is 12.0 Å². The Kier molecular flexibility index (Phi) is 4.97. The van der Waals surface area contributed by atoms with Gasteiger partial charge in [0.1, 0.15) is 0 Å². The number of nitrogens with zero attached hydrogens (tertiary/aromatic N) is 2. The minimum absolute atomic E-state index is 0.241. The van der Waals surface area contributed by atoms with E-state index in [2.05, 4.69) is 11.9 Å². The minimum atomic E-state index is -1.65. The first-order chi connectivity index (χ1) is 11.6. The second kappa shape index (κ2) is 7.16. The zero-order valence-corrected chi connectivity index (χ0v) is 14.1. The molecule has 0 aliphatic carbocycles. The lowest BCUT2D eigenvalue weighted by molar-refractivity contribution is -0.148. The molecule has 0 radical (unpaired) electrons. The lowest BCUT2D eigenvalue weighted by atomic mass is 9.85. The molecule has 1 aliphatic rings. The van der Waals surface area contributed by atoms with Crippen molar-refractivity contribution in [2.75, 3.05) is 33.2 Å². The van der Waals surface area contributed by atoms with Crippen LogP contribution in [-0.2, 0) is 10.4 Å². The van der Waals surface area contributed by atoms with Crippen molar-refractivity contribution in [1.29, 1.82) is 0 Å². The first-order valence-corrected chi connectivity index (χ1v) is 8.43. The van der Waals surface area contributed by atoms with Crippen LogP contribution in [0.5, 0.6) is 0 Å². The molecular weight excluding hydrogens is 300 g/mol. The summed E-state index contributed by atoms with van der Waals surface area (Å²) in [5, 5.41) is 11.5. The Morgan fingerprint density at radius 2 is 1.42 bits per heavy atom. The van der Waals surface area contributed by atoms with E-state index in [4.69, 9.17) is 0 Å². The molecule has 1 N–H and O–H groups in total. The van der Waals surface area contributed by atoms with Crippen molar-refractivity contribution in [2.24, 2.45) is 0 Å². The van der Waals surface area contributed by atoms with Crippen LogP contribution in [-0.4, -0.2) is 54.0 Å². The minimum Gasteiger partial charge on any atom is -0.372 e. The van der Waals surface area contributed by atoms with Gasteiger partial charge in [-0.05, 0) is 31.1 Å². The van der Waals surface area contributed by atoms with E-state index >= 15 is 0 Å². The Morgan fingerprint density at radius 3 is 1.96 bits per heavy atom. The van der Waals surface area contributed by atoms with Gasteiger partial charge in [-0.1, -0.05) is 60.7 Å². The van der Waals surface area contributed by atoms with Crippen LogP contribution >= 0.6 is 0 Å². The number of rotatable bonds is 3. The first-order valence-electron chi connectivity index (χ1n) is 8.43. The molecule has 0 bridgehead atoms. The van der Waals surface area contributed by atoms with Crippen molar-refractivity contribution >= 4 is 5.91 Å². The van der Waals surface area contributed by atoms with Crippen molar-refractivity contribution in [1.82, 2.24) is 9.80 Å². The van der Waals surface area contributed by atoms with Gasteiger partial charge in [-0.2, -0.15) is 0 Å². The third kappa shape index (κ3) is 3.21. The summed E-state index contributed by atoms with van der Waals surface area (Å²) in [6, 6.07) is 18.5. The van der Waals surface area contributed by atoms with Gasteiger partial charge in [0.05, 0.1) is 0 Å². The van der Waals surface area contributed by atoms with Gasteiger partial charge in [0.25, 0.3) is 5.91 Å². The highest BCUT2D eigenvalue weighted by Gasteiger charge is 2.42. The molecule has 2 aromatic rings. The van der Waals surface area contributed by atoms with E-state index in [0.29, 0.717) is 24.2 Å². The van der Waals surface area contributed by atoms with Crippen molar-refractivity contribution in [3.05, 3.63) is 71.8 Å². The van der Waals surface area contributed by atoms with E-state index in [1.54, 1.807) is 4.90 Å². The second-order valence-corrected chi connectivity index (χ2v) is 6.39. The maximum absolute atomic E-state index is 13.3. The van der Waals surface area contributed by atoms with Gasteiger partial charge in [0.2, 0.25) is 0 Å². The van der Waals surface area contributed by atoms with Crippen LogP contribution in [0, 0.1) is 0 Å². The molecule has 126 valence electrons. The lowest BCUT2D eigenvalue weighted by Crippen LogP contribution is -2.48. The van der Waals surface area contributed by atoms with Crippen LogP contribution in [0.25, 0.3) is 0 Å². The molecule has 4 nitrogen and oxygen atoms in total. The number of hydrogen-bond acceptors (Lipinski definition) is 3. The van der Waals surface area contributed by atoms with Gasteiger partial charge >= 0.3 is 0 Å². The normalized spacial score (nSPS) is 16.7. The monoisotopic (exact) mass is 324 g/mol.